The molecule has 4 aromatic rings. The zero-order valence-electron chi connectivity index (χ0n) is 17.6. The van der Waals surface area contributed by atoms with Crippen LogP contribution in [0.25, 0.3) is 22.5 Å². The Labute approximate surface area is 192 Å². The second-order valence-electron chi connectivity index (χ2n) is 7.81. The van der Waals surface area contributed by atoms with E-state index in [0.29, 0.717) is 17.6 Å². The topological polar surface area (TPSA) is 72.6 Å². The molecule has 0 atom stereocenters. The van der Waals surface area contributed by atoms with Crippen molar-refractivity contribution in [1.82, 2.24) is 4.98 Å². The molecule has 35 heavy (non-hydrogen) atoms. The number of Topliss-reactive ketones (excluding diaryl/α,β-unsaturated/α-hetero) is 1. The van der Waals surface area contributed by atoms with Gasteiger partial charge in [0.25, 0.3) is 0 Å². The summed E-state index contributed by atoms with van der Waals surface area (Å²) in [6.45, 7) is 1.77. The van der Waals surface area contributed by atoms with E-state index in [-0.39, 0.29) is 51.6 Å². The van der Waals surface area contributed by atoms with Crippen molar-refractivity contribution in [1.29, 1.82) is 0 Å². The van der Waals surface area contributed by atoms with Crippen molar-refractivity contribution in [3.8, 4) is 11.6 Å². The number of nitrogens with zero attached hydrogens (tertiary/aromatic N) is 1. The molecular formula is C24H13F6NO4. The second kappa shape index (κ2) is 7.49. The highest BCUT2D eigenvalue weighted by molar-refractivity contribution is 6.42. The van der Waals surface area contributed by atoms with E-state index in [1.54, 1.807) is 19.1 Å². The summed E-state index contributed by atoms with van der Waals surface area (Å²) >= 11 is 0. The number of hydrogen-bond donors (Lipinski definition) is 1. The summed E-state index contributed by atoms with van der Waals surface area (Å²) in [6.07, 6.45) is -9.57. The number of hydrogen-bond acceptors (Lipinski definition) is 5. The molecule has 5 rings (SSSR count). The quantitative estimate of drug-likeness (QED) is 0.303. The molecule has 1 aliphatic rings. The maximum absolute atomic E-state index is 13.5. The first-order valence-electron chi connectivity index (χ1n) is 10.2. The number of furan rings is 2. The van der Waals surface area contributed by atoms with Crippen molar-refractivity contribution in [3.05, 3.63) is 76.0 Å². The predicted molar refractivity (Wildman–Crippen MR) is 111 cm³/mol. The number of fused-ring (bicyclic) bond motifs is 5. The molecule has 0 amide bonds. The Morgan fingerprint density at radius 3 is 2.26 bits per heavy atom. The standard InChI is InChI=1S/C24H13F6NO4/c1-2-10-3-4-12(34-22-14(24(28,29)30)7-11(9-31-22)23(25,26)27)8-13(10)17-20(32)18-15-5-6-16(35-15)19(18)21(17)33/h3-9,32H,2H2,1H3. The van der Waals surface area contributed by atoms with Gasteiger partial charge in [-0.1, -0.05) is 13.0 Å². The third kappa shape index (κ3) is 3.58. The van der Waals surface area contributed by atoms with Crippen LogP contribution in [-0.4, -0.2) is 15.9 Å². The molecule has 0 saturated carbocycles. The average molecular weight is 493 g/mol. The number of halogens is 6. The Balaban J connectivity index is 1.59. The summed E-state index contributed by atoms with van der Waals surface area (Å²) in [5.41, 5.74) is -1.54. The lowest BCUT2D eigenvalue weighted by Gasteiger charge is -2.16. The van der Waals surface area contributed by atoms with Gasteiger partial charge in [0.2, 0.25) is 11.7 Å². The molecule has 0 fully saturated rings. The largest absolute Gasteiger partial charge is 0.506 e. The zero-order valence-corrected chi connectivity index (χ0v) is 17.6. The van der Waals surface area contributed by atoms with Gasteiger partial charge in [0.15, 0.2) is 0 Å². The number of carbonyl (C=O) groups is 1. The van der Waals surface area contributed by atoms with E-state index in [1.807, 2.05) is 0 Å². The van der Waals surface area contributed by atoms with Crippen LogP contribution in [0.1, 0.15) is 45.1 Å². The minimum atomic E-state index is -5.18. The molecule has 1 aliphatic carbocycles. The SMILES string of the molecule is CCc1ccc(Oc2ncc(C(F)(F)F)cc2C(F)(F)F)cc1C1=C(O)c2c(c3ccc2o3)C1=O. The first-order valence-corrected chi connectivity index (χ1v) is 10.2. The van der Waals surface area contributed by atoms with Gasteiger partial charge in [0, 0.05) is 6.20 Å². The highest BCUT2D eigenvalue weighted by Gasteiger charge is 2.41. The Bertz CT molecular complexity index is 1510. The van der Waals surface area contributed by atoms with E-state index in [1.165, 1.54) is 18.2 Å². The van der Waals surface area contributed by atoms with Crippen molar-refractivity contribution >= 4 is 28.3 Å². The monoisotopic (exact) mass is 493 g/mol. The minimum absolute atomic E-state index is 0.0734. The number of rotatable bonds is 4. The molecule has 0 unspecified atom stereocenters. The number of aryl methyl sites for hydroxylation is 1. The molecule has 3 heterocycles. The lowest BCUT2D eigenvalue weighted by molar-refractivity contribution is -0.144. The van der Waals surface area contributed by atoms with Crippen LogP contribution < -0.4 is 4.74 Å². The number of aliphatic hydroxyl groups is 1. The summed E-state index contributed by atoms with van der Waals surface area (Å²) < 4.78 is 89.9. The van der Waals surface area contributed by atoms with Crippen LogP contribution in [-0.2, 0) is 18.8 Å². The van der Waals surface area contributed by atoms with Gasteiger partial charge in [0.05, 0.1) is 22.3 Å². The van der Waals surface area contributed by atoms with Crippen LogP contribution in [0.4, 0.5) is 26.3 Å². The normalized spacial score (nSPS) is 14.3. The highest BCUT2D eigenvalue weighted by atomic mass is 19.4. The number of ketones is 1. The van der Waals surface area contributed by atoms with Gasteiger partial charge in [-0.15, -0.1) is 0 Å². The Morgan fingerprint density at radius 2 is 1.66 bits per heavy atom. The number of aliphatic hydroxyl groups excluding tert-OH is 1. The van der Waals surface area contributed by atoms with Gasteiger partial charge in [-0.2, -0.15) is 26.3 Å². The van der Waals surface area contributed by atoms with Crippen LogP contribution in [0, 0.1) is 0 Å². The molecule has 0 spiro atoms. The van der Waals surface area contributed by atoms with E-state index in [9.17, 15) is 36.2 Å². The third-order valence-corrected chi connectivity index (χ3v) is 5.71. The van der Waals surface area contributed by atoms with Crippen molar-refractivity contribution in [2.45, 2.75) is 25.7 Å². The summed E-state index contributed by atoms with van der Waals surface area (Å²) in [5.74, 6) is -2.16. The molecule has 1 N–H and O–H groups in total. The van der Waals surface area contributed by atoms with Crippen LogP contribution in [0.2, 0.25) is 0 Å². The van der Waals surface area contributed by atoms with Gasteiger partial charge in [-0.05, 0) is 47.9 Å². The smallest absolute Gasteiger partial charge is 0.421 e. The second-order valence-corrected chi connectivity index (χ2v) is 7.81. The lowest BCUT2D eigenvalue weighted by atomic mass is 9.95. The van der Waals surface area contributed by atoms with Crippen LogP contribution in [0.15, 0.2) is 47.0 Å². The number of carbonyl (C=O) groups excluding carboxylic acids is 1. The molecule has 5 nitrogen and oxygen atoms in total. The average Bonchev–Trinajstić information content (AvgIpc) is 3.46. The minimum Gasteiger partial charge on any atom is -0.506 e. The highest BCUT2D eigenvalue weighted by Crippen LogP contribution is 2.46. The van der Waals surface area contributed by atoms with Gasteiger partial charge >= 0.3 is 12.4 Å². The molecule has 11 heteroatoms. The lowest BCUT2D eigenvalue weighted by Crippen LogP contribution is -2.13. The number of allylic oxidation sites excluding steroid dienone is 1. The fourth-order valence-electron chi connectivity index (χ4n) is 4.08. The van der Waals surface area contributed by atoms with Crippen molar-refractivity contribution in [2.75, 3.05) is 0 Å². The van der Waals surface area contributed by atoms with Gasteiger partial charge in [0.1, 0.15) is 28.2 Å². The first kappa shape index (κ1) is 22.8. The van der Waals surface area contributed by atoms with Crippen LogP contribution in [0.5, 0.6) is 11.6 Å². The first-order chi connectivity index (χ1) is 16.4. The van der Waals surface area contributed by atoms with Gasteiger partial charge in [-0.25, -0.2) is 4.98 Å². The van der Waals surface area contributed by atoms with Crippen molar-refractivity contribution < 1.29 is 45.4 Å². The molecule has 0 saturated heterocycles. The molecule has 0 aliphatic heterocycles. The van der Waals surface area contributed by atoms with Crippen molar-refractivity contribution in [3.63, 3.8) is 0 Å². The van der Waals surface area contributed by atoms with Gasteiger partial charge in [-0.3, -0.25) is 4.79 Å². The van der Waals surface area contributed by atoms with Crippen LogP contribution >= 0.6 is 0 Å². The molecule has 180 valence electrons. The van der Waals surface area contributed by atoms with E-state index >= 15 is 0 Å². The number of ether oxygens (including phenoxy) is 1. The van der Waals surface area contributed by atoms with E-state index in [2.05, 4.69) is 4.98 Å². The number of aromatic nitrogens is 1. The maximum atomic E-state index is 13.5. The Morgan fingerprint density at radius 1 is 0.971 bits per heavy atom. The Hall–Kier alpha value is -4.02. The molecule has 2 bridgehead atoms. The molecule has 1 aromatic carbocycles. The maximum Gasteiger partial charge on any atom is 0.421 e. The van der Waals surface area contributed by atoms with E-state index in [0.717, 1.165) is 0 Å². The summed E-state index contributed by atoms with van der Waals surface area (Å²) in [7, 11) is 0. The zero-order chi connectivity index (χ0) is 25.3. The predicted octanol–water partition coefficient (Wildman–Crippen LogP) is 7.28. The van der Waals surface area contributed by atoms with E-state index < -0.39 is 35.1 Å². The van der Waals surface area contributed by atoms with Crippen LogP contribution in [0.3, 0.4) is 0 Å². The van der Waals surface area contributed by atoms with E-state index in [4.69, 9.17) is 9.15 Å². The number of pyridine rings is 1. The van der Waals surface area contributed by atoms with Gasteiger partial charge < -0.3 is 14.3 Å². The number of alkyl halides is 6. The summed E-state index contributed by atoms with van der Waals surface area (Å²) in [5, 5.41) is 10.8. The summed E-state index contributed by atoms with van der Waals surface area (Å²) in [6, 6.07) is 7.13. The number of benzene rings is 2. The fourth-order valence-corrected chi connectivity index (χ4v) is 4.08. The fraction of sp³-hybridized carbons (Fsp3) is 0.167. The van der Waals surface area contributed by atoms with Crippen molar-refractivity contribution in [2.24, 2.45) is 0 Å². The molecular weight excluding hydrogens is 480 g/mol. The molecule has 3 aromatic heterocycles. The molecule has 0 radical (unpaired) electrons. The Kier molecular flexibility index (Phi) is 4.87. The summed E-state index contributed by atoms with van der Waals surface area (Å²) in [4.78, 5) is 16.4. The third-order valence-electron chi connectivity index (χ3n) is 5.71.